The van der Waals surface area contributed by atoms with Gasteiger partial charge in [-0.3, -0.25) is 4.90 Å². The number of nitrogens with two attached hydrogens (primary N) is 1. The van der Waals surface area contributed by atoms with Gasteiger partial charge < -0.3 is 5.73 Å². The Morgan fingerprint density at radius 3 is 2.94 bits per heavy atom. The molecule has 2 N–H and O–H groups in total. The molecule has 0 aliphatic carbocycles. The molecule has 1 aliphatic heterocycles. The molecule has 0 amide bonds. The molecule has 1 aliphatic rings. The van der Waals surface area contributed by atoms with Gasteiger partial charge in [0, 0.05) is 13.1 Å². The lowest BCUT2D eigenvalue weighted by Crippen LogP contribution is -2.22. The maximum absolute atomic E-state index is 13.2. The maximum Gasteiger partial charge on any atom is 0.124 e. The Labute approximate surface area is 101 Å². The van der Waals surface area contributed by atoms with Crippen molar-refractivity contribution < 1.29 is 4.39 Å². The third-order valence-corrected chi connectivity index (χ3v) is 3.20. The summed E-state index contributed by atoms with van der Waals surface area (Å²) in [5.74, 6) is 0.215. The van der Waals surface area contributed by atoms with E-state index in [-0.39, 0.29) is 5.82 Å². The molecule has 1 aromatic rings. The van der Waals surface area contributed by atoms with Crippen LogP contribution >= 0.6 is 0 Å². The van der Waals surface area contributed by atoms with Crippen LogP contribution < -0.4 is 5.73 Å². The summed E-state index contributed by atoms with van der Waals surface area (Å²) in [5, 5.41) is 8.78. The standard InChI is InChI=1S/C13H16FN3/c14-13-4-11(7-16)3-12(5-13)9-17-2-1-10(6-15)8-17/h3-5,10H,1-2,6,8-9,15H2. The van der Waals surface area contributed by atoms with Crippen molar-refractivity contribution in [2.45, 2.75) is 13.0 Å². The number of nitriles is 1. The lowest BCUT2D eigenvalue weighted by Gasteiger charge is -2.15. The number of halogens is 1. The summed E-state index contributed by atoms with van der Waals surface area (Å²) >= 11 is 0. The van der Waals surface area contributed by atoms with Crippen molar-refractivity contribution in [2.24, 2.45) is 11.7 Å². The van der Waals surface area contributed by atoms with E-state index >= 15 is 0 Å². The maximum atomic E-state index is 13.2. The van der Waals surface area contributed by atoms with Crippen LogP contribution in [0.2, 0.25) is 0 Å². The minimum Gasteiger partial charge on any atom is -0.330 e. The monoisotopic (exact) mass is 233 g/mol. The van der Waals surface area contributed by atoms with Crippen LogP contribution in [0.5, 0.6) is 0 Å². The third-order valence-electron chi connectivity index (χ3n) is 3.20. The molecule has 90 valence electrons. The molecule has 17 heavy (non-hydrogen) atoms. The molecule has 1 atom stereocenters. The minimum atomic E-state index is -0.339. The molecule has 2 rings (SSSR count). The first-order valence-electron chi connectivity index (χ1n) is 5.83. The largest absolute Gasteiger partial charge is 0.330 e. The summed E-state index contributed by atoms with van der Waals surface area (Å²) in [6.45, 7) is 3.38. The second kappa shape index (κ2) is 5.26. The van der Waals surface area contributed by atoms with Crippen LogP contribution in [0.15, 0.2) is 18.2 Å². The van der Waals surface area contributed by atoms with Crippen molar-refractivity contribution in [1.29, 1.82) is 5.26 Å². The van der Waals surface area contributed by atoms with Gasteiger partial charge in [-0.15, -0.1) is 0 Å². The molecule has 0 saturated carbocycles. The molecule has 1 saturated heterocycles. The molecule has 1 aromatic carbocycles. The molecule has 0 spiro atoms. The fraction of sp³-hybridized carbons (Fsp3) is 0.462. The van der Waals surface area contributed by atoms with Crippen molar-refractivity contribution in [1.82, 2.24) is 4.90 Å². The van der Waals surface area contributed by atoms with Gasteiger partial charge in [0.05, 0.1) is 11.6 Å². The SMILES string of the molecule is N#Cc1cc(F)cc(CN2CCC(CN)C2)c1. The van der Waals surface area contributed by atoms with E-state index in [2.05, 4.69) is 4.90 Å². The first-order valence-corrected chi connectivity index (χ1v) is 5.83. The van der Waals surface area contributed by atoms with Crippen molar-refractivity contribution in [2.75, 3.05) is 19.6 Å². The summed E-state index contributed by atoms with van der Waals surface area (Å²) in [7, 11) is 0. The highest BCUT2D eigenvalue weighted by Crippen LogP contribution is 2.18. The lowest BCUT2D eigenvalue weighted by atomic mass is 10.1. The highest BCUT2D eigenvalue weighted by molar-refractivity contribution is 5.33. The van der Waals surface area contributed by atoms with E-state index in [0.717, 1.165) is 25.1 Å². The molecule has 1 fully saturated rings. The van der Waals surface area contributed by atoms with Crippen LogP contribution in [0.4, 0.5) is 4.39 Å². The van der Waals surface area contributed by atoms with E-state index in [1.807, 2.05) is 6.07 Å². The van der Waals surface area contributed by atoms with E-state index in [9.17, 15) is 4.39 Å². The molecular weight excluding hydrogens is 217 g/mol. The van der Waals surface area contributed by atoms with Gasteiger partial charge in [-0.05, 0) is 49.2 Å². The fourth-order valence-corrected chi connectivity index (χ4v) is 2.31. The Morgan fingerprint density at radius 2 is 2.29 bits per heavy atom. The van der Waals surface area contributed by atoms with Crippen LogP contribution in [0.25, 0.3) is 0 Å². The number of nitrogens with zero attached hydrogens (tertiary/aromatic N) is 2. The van der Waals surface area contributed by atoms with Crippen LogP contribution in [-0.4, -0.2) is 24.5 Å². The Balaban J connectivity index is 2.04. The Bertz CT molecular complexity index is 439. The molecular formula is C13H16FN3. The third kappa shape index (κ3) is 3.02. The van der Waals surface area contributed by atoms with E-state index < -0.39 is 0 Å². The normalized spacial score (nSPS) is 20.4. The number of hydrogen-bond donors (Lipinski definition) is 1. The first kappa shape index (κ1) is 12.0. The zero-order valence-electron chi connectivity index (χ0n) is 9.69. The molecule has 0 bridgehead atoms. The first-order chi connectivity index (χ1) is 8.21. The smallest absolute Gasteiger partial charge is 0.124 e. The van der Waals surface area contributed by atoms with E-state index in [1.54, 1.807) is 6.07 Å². The zero-order valence-corrected chi connectivity index (χ0v) is 9.69. The van der Waals surface area contributed by atoms with Gasteiger partial charge in [-0.1, -0.05) is 0 Å². The predicted molar refractivity (Wildman–Crippen MR) is 63.6 cm³/mol. The minimum absolute atomic E-state index is 0.339. The highest BCUT2D eigenvalue weighted by atomic mass is 19.1. The van der Waals surface area contributed by atoms with Crippen molar-refractivity contribution in [3.8, 4) is 6.07 Å². The Hall–Kier alpha value is -1.44. The van der Waals surface area contributed by atoms with E-state index in [1.165, 1.54) is 12.1 Å². The molecule has 1 heterocycles. The van der Waals surface area contributed by atoms with Gasteiger partial charge in [0.15, 0.2) is 0 Å². The number of likely N-dealkylation sites (tertiary alicyclic amines) is 1. The zero-order chi connectivity index (χ0) is 12.3. The topological polar surface area (TPSA) is 53.0 Å². The number of hydrogen-bond acceptors (Lipinski definition) is 3. The molecule has 0 radical (unpaired) electrons. The van der Waals surface area contributed by atoms with E-state index in [0.29, 0.717) is 24.6 Å². The summed E-state index contributed by atoms with van der Waals surface area (Å²) in [6.07, 6.45) is 1.11. The van der Waals surface area contributed by atoms with Gasteiger partial charge in [-0.2, -0.15) is 5.26 Å². The Kier molecular flexibility index (Phi) is 3.72. The fourth-order valence-electron chi connectivity index (χ4n) is 2.31. The lowest BCUT2D eigenvalue weighted by molar-refractivity contribution is 0.317. The van der Waals surface area contributed by atoms with Crippen LogP contribution in [0.1, 0.15) is 17.5 Å². The van der Waals surface area contributed by atoms with Crippen LogP contribution in [0.3, 0.4) is 0 Å². The second-order valence-corrected chi connectivity index (χ2v) is 4.59. The second-order valence-electron chi connectivity index (χ2n) is 4.59. The summed E-state index contributed by atoms with van der Waals surface area (Å²) in [6, 6.07) is 6.48. The summed E-state index contributed by atoms with van der Waals surface area (Å²) < 4.78 is 13.2. The summed E-state index contributed by atoms with van der Waals surface area (Å²) in [4.78, 5) is 2.26. The van der Waals surface area contributed by atoms with Gasteiger partial charge in [0.2, 0.25) is 0 Å². The number of benzene rings is 1. The molecule has 0 aromatic heterocycles. The summed E-state index contributed by atoms with van der Waals surface area (Å²) in [5.41, 5.74) is 6.87. The quantitative estimate of drug-likeness (QED) is 0.860. The van der Waals surface area contributed by atoms with Crippen molar-refractivity contribution in [3.05, 3.63) is 35.1 Å². The van der Waals surface area contributed by atoms with E-state index in [4.69, 9.17) is 11.0 Å². The highest BCUT2D eigenvalue weighted by Gasteiger charge is 2.21. The molecule has 4 heteroatoms. The van der Waals surface area contributed by atoms with Gasteiger partial charge in [0.1, 0.15) is 5.82 Å². The van der Waals surface area contributed by atoms with Crippen LogP contribution in [-0.2, 0) is 6.54 Å². The average molecular weight is 233 g/mol. The molecule has 3 nitrogen and oxygen atoms in total. The predicted octanol–water partition coefficient (Wildman–Crippen LogP) is 1.48. The molecule has 1 unspecified atom stereocenters. The van der Waals surface area contributed by atoms with Gasteiger partial charge in [-0.25, -0.2) is 4.39 Å². The van der Waals surface area contributed by atoms with Crippen molar-refractivity contribution >= 4 is 0 Å². The Morgan fingerprint density at radius 1 is 1.47 bits per heavy atom. The van der Waals surface area contributed by atoms with Gasteiger partial charge in [0.25, 0.3) is 0 Å². The average Bonchev–Trinajstić information content (AvgIpc) is 2.76. The number of rotatable bonds is 3. The van der Waals surface area contributed by atoms with Gasteiger partial charge >= 0.3 is 0 Å². The van der Waals surface area contributed by atoms with Crippen molar-refractivity contribution in [3.63, 3.8) is 0 Å². The van der Waals surface area contributed by atoms with Crippen LogP contribution in [0, 0.1) is 23.1 Å².